The van der Waals surface area contributed by atoms with E-state index >= 15 is 0 Å². The minimum atomic E-state index is -0.199. The lowest BCUT2D eigenvalue weighted by Crippen LogP contribution is -2.52. The number of anilines is 1. The van der Waals surface area contributed by atoms with Crippen LogP contribution in [0.2, 0.25) is 0 Å². The predicted octanol–water partition coefficient (Wildman–Crippen LogP) is 2.47. The summed E-state index contributed by atoms with van der Waals surface area (Å²) in [5, 5.41) is 10.1. The van der Waals surface area contributed by atoms with Gasteiger partial charge in [-0.15, -0.1) is 0 Å². The third kappa shape index (κ3) is 4.71. The molecule has 2 atom stereocenters. The molecule has 0 spiro atoms. The first-order valence-electron chi connectivity index (χ1n) is 9.30. The van der Waals surface area contributed by atoms with Gasteiger partial charge in [0, 0.05) is 37.9 Å². The van der Waals surface area contributed by atoms with Crippen LogP contribution in [0, 0.1) is 5.92 Å². The molecule has 7 nitrogen and oxygen atoms in total. The Morgan fingerprint density at radius 1 is 1.48 bits per heavy atom. The van der Waals surface area contributed by atoms with Crippen LogP contribution >= 0.6 is 11.6 Å². The summed E-state index contributed by atoms with van der Waals surface area (Å²) in [5.41, 5.74) is 1.58. The quantitative estimate of drug-likeness (QED) is 0.826. The Morgan fingerprint density at radius 2 is 2.30 bits per heavy atom. The summed E-state index contributed by atoms with van der Waals surface area (Å²) in [6.07, 6.45) is 8.18. The lowest BCUT2D eigenvalue weighted by atomic mass is 9.96. The summed E-state index contributed by atoms with van der Waals surface area (Å²) in [6, 6.07) is 1.68. The maximum Gasteiger partial charge on any atom is 0.317 e. The molecule has 1 aromatic rings. The van der Waals surface area contributed by atoms with Crippen LogP contribution in [0.3, 0.4) is 0 Å². The van der Waals surface area contributed by atoms with E-state index < -0.39 is 0 Å². The van der Waals surface area contributed by atoms with Crippen LogP contribution < -0.4 is 15.8 Å². The number of allylic oxidation sites excluding steroid dienone is 3. The average Bonchev–Trinajstić information content (AvgIpc) is 2.68. The van der Waals surface area contributed by atoms with Crippen molar-refractivity contribution in [2.75, 3.05) is 31.6 Å². The summed E-state index contributed by atoms with van der Waals surface area (Å²) >= 11 is 6.11. The Labute approximate surface area is 164 Å². The molecule has 0 radical (unpaired) electrons. The smallest absolute Gasteiger partial charge is 0.317 e. The zero-order valence-corrected chi connectivity index (χ0v) is 16.5. The van der Waals surface area contributed by atoms with Gasteiger partial charge < -0.3 is 15.1 Å². The van der Waals surface area contributed by atoms with Crippen LogP contribution in [-0.4, -0.2) is 53.9 Å². The van der Waals surface area contributed by atoms with Gasteiger partial charge in [0.2, 0.25) is 0 Å². The SMILES string of the molecule is CC1CC(CNC(=O)N(C)C2CCCN(c3ccn[nH]c3=O)C2)=CC=C1Cl. The van der Waals surface area contributed by atoms with Gasteiger partial charge in [0.1, 0.15) is 5.69 Å². The molecule has 0 aromatic carbocycles. The lowest BCUT2D eigenvalue weighted by molar-refractivity contribution is 0.183. The molecule has 1 aliphatic carbocycles. The molecule has 1 aromatic heterocycles. The molecule has 27 heavy (non-hydrogen) atoms. The van der Waals surface area contributed by atoms with E-state index in [1.165, 1.54) is 5.57 Å². The fourth-order valence-electron chi connectivity index (χ4n) is 3.61. The molecule has 0 saturated carbocycles. The Hall–Kier alpha value is -2.28. The maximum atomic E-state index is 12.6. The minimum absolute atomic E-state index is 0.0555. The number of carbonyl (C=O) groups excluding carboxylic acids is 1. The first kappa shape index (κ1) is 19.5. The van der Waals surface area contributed by atoms with Crippen LogP contribution in [0.5, 0.6) is 0 Å². The number of nitrogens with one attached hydrogen (secondary N) is 2. The second-order valence-electron chi connectivity index (χ2n) is 7.26. The molecule has 2 N–H and O–H groups in total. The van der Waals surface area contributed by atoms with Crippen LogP contribution in [0.4, 0.5) is 10.5 Å². The Bertz CT molecular complexity index is 803. The van der Waals surface area contributed by atoms with Crippen molar-refractivity contribution in [3.8, 4) is 0 Å². The molecule has 1 saturated heterocycles. The zero-order valence-electron chi connectivity index (χ0n) is 15.7. The number of aromatic amines is 1. The molecule has 1 aliphatic heterocycles. The van der Waals surface area contributed by atoms with Crippen molar-refractivity contribution >= 4 is 23.3 Å². The first-order chi connectivity index (χ1) is 13.0. The van der Waals surface area contributed by atoms with Crippen molar-refractivity contribution in [1.29, 1.82) is 0 Å². The summed E-state index contributed by atoms with van der Waals surface area (Å²) in [6.45, 7) is 4.04. The van der Waals surface area contributed by atoms with E-state index in [4.69, 9.17) is 11.6 Å². The van der Waals surface area contributed by atoms with Gasteiger partial charge in [-0.1, -0.05) is 30.2 Å². The van der Waals surface area contributed by atoms with Gasteiger partial charge in [-0.2, -0.15) is 5.10 Å². The van der Waals surface area contributed by atoms with E-state index in [0.717, 1.165) is 30.8 Å². The molecular formula is C19H26ClN5O2. The molecule has 2 amide bonds. The standard InChI is InChI=1S/C19H26ClN5O2/c1-13-10-14(5-6-16(13)20)11-21-19(27)24(2)15-4-3-9-25(12-15)17-7-8-22-23-18(17)26/h5-8,13,15H,3-4,9-12H2,1-2H3,(H,21,27)(H,23,26). The van der Waals surface area contributed by atoms with Crippen molar-refractivity contribution < 1.29 is 4.79 Å². The van der Waals surface area contributed by atoms with Gasteiger partial charge in [-0.25, -0.2) is 9.89 Å². The molecule has 3 rings (SSSR count). The van der Waals surface area contributed by atoms with Crippen LogP contribution in [0.1, 0.15) is 26.2 Å². The number of hydrogen-bond acceptors (Lipinski definition) is 4. The van der Waals surface area contributed by atoms with Crippen molar-refractivity contribution in [2.24, 2.45) is 5.92 Å². The summed E-state index contributed by atoms with van der Waals surface area (Å²) in [7, 11) is 1.81. The molecule has 2 heterocycles. The third-order valence-electron chi connectivity index (χ3n) is 5.30. The van der Waals surface area contributed by atoms with E-state index in [1.54, 1.807) is 17.2 Å². The van der Waals surface area contributed by atoms with Crippen LogP contribution in [0.25, 0.3) is 0 Å². The second kappa shape index (κ2) is 8.61. The van der Waals surface area contributed by atoms with Crippen molar-refractivity contribution in [3.63, 3.8) is 0 Å². The fourth-order valence-corrected chi connectivity index (χ4v) is 3.75. The highest BCUT2D eigenvalue weighted by Gasteiger charge is 2.27. The number of carbonyl (C=O) groups is 1. The lowest BCUT2D eigenvalue weighted by Gasteiger charge is -2.38. The van der Waals surface area contributed by atoms with Crippen molar-refractivity contribution in [1.82, 2.24) is 20.4 Å². The average molecular weight is 392 g/mol. The number of likely N-dealkylation sites (N-methyl/N-ethyl adjacent to an activating group) is 1. The van der Waals surface area contributed by atoms with Crippen molar-refractivity contribution in [3.05, 3.63) is 45.4 Å². The normalized spacial score (nSPS) is 22.7. The Balaban J connectivity index is 1.57. The van der Waals surface area contributed by atoms with E-state index in [1.807, 2.05) is 24.1 Å². The molecule has 0 bridgehead atoms. The van der Waals surface area contributed by atoms with Gasteiger partial charge in [0.25, 0.3) is 5.56 Å². The number of urea groups is 1. The van der Waals surface area contributed by atoms with Crippen LogP contribution in [-0.2, 0) is 0 Å². The van der Waals surface area contributed by atoms with Crippen molar-refractivity contribution in [2.45, 2.75) is 32.2 Å². The highest BCUT2D eigenvalue weighted by Crippen LogP contribution is 2.27. The van der Waals surface area contributed by atoms with Gasteiger partial charge in [0.05, 0.1) is 6.04 Å². The highest BCUT2D eigenvalue weighted by molar-refractivity contribution is 6.30. The van der Waals surface area contributed by atoms with Crippen LogP contribution in [0.15, 0.2) is 39.8 Å². The second-order valence-corrected chi connectivity index (χ2v) is 7.70. The highest BCUT2D eigenvalue weighted by atomic mass is 35.5. The minimum Gasteiger partial charge on any atom is -0.365 e. The van der Waals surface area contributed by atoms with E-state index in [0.29, 0.717) is 24.7 Å². The monoisotopic (exact) mass is 391 g/mol. The molecule has 2 unspecified atom stereocenters. The Morgan fingerprint density at radius 3 is 3.04 bits per heavy atom. The molecule has 2 aliphatic rings. The van der Waals surface area contributed by atoms with Gasteiger partial charge >= 0.3 is 6.03 Å². The number of aromatic nitrogens is 2. The Kier molecular flexibility index (Phi) is 6.21. The summed E-state index contributed by atoms with van der Waals surface area (Å²) in [4.78, 5) is 28.3. The van der Waals surface area contributed by atoms with Gasteiger partial charge in [0.15, 0.2) is 0 Å². The molecule has 8 heteroatoms. The van der Waals surface area contributed by atoms with Gasteiger partial charge in [-0.05, 0) is 37.3 Å². The number of piperidine rings is 1. The van der Waals surface area contributed by atoms with E-state index in [9.17, 15) is 9.59 Å². The fraction of sp³-hybridized carbons (Fsp3) is 0.526. The molecule has 1 fully saturated rings. The molecule has 146 valence electrons. The first-order valence-corrected chi connectivity index (χ1v) is 9.68. The summed E-state index contributed by atoms with van der Waals surface area (Å²) < 4.78 is 0. The zero-order chi connectivity index (χ0) is 19.4. The molecular weight excluding hydrogens is 366 g/mol. The van der Waals surface area contributed by atoms with E-state index in [2.05, 4.69) is 22.4 Å². The summed E-state index contributed by atoms with van der Waals surface area (Å²) in [5.74, 6) is 0.298. The number of nitrogens with zero attached hydrogens (tertiary/aromatic N) is 3. The number of hydrogen-bond donors (Lipinski definition) is 2. The third-order valence-corrected chi connectivity index (χ3v) is 5.79. The maximum absolute atomic E-state index is 12.6. The number of rotatable bonds is 4. The number of amides is 2. The largest absolute Gasteiger partial charge is 0.365 e. The topological polar surface area (TPSA) is 81.3 Å². The van der Waals surface area contributed by atoms with Gasteiger partial charge in [-0.3, -0.25) is 4.79 Å². The predicted molar refractivity (Wildman–Crippen MR) is 107 cm³/mol. The number of halogens is 1. The number of H-pyrrole nitrogens is 1. The van der Waals surface area contributed by atoms with E-state index in [-0.39, 0.29) is 17.6 Å².